The second kappa shape index (κ2) is 3.05. The average molecular weight is 207 g/mol. The van der Waals surface area contributed by atoms with Crippen molar-refractivity contribution in [1.29, 1.82) is 0 Å². The van der Waals surface area contributed by atoms with Gasteiger partial charge in [0.25, 0.3) is 0 Å². The number of benzene rings is 1. The highest BCUT2D eigenvalue weighted by atomic mass is 16.7. The van der Waals surface area contributed by atoms with Gasteiger partial charge < -0.3 is 19.5 Å². The largest absolute Gasteiger partial charge is 0.454 e. The number of alkyl carbamates (subject to hydrolysis) is 1. The minimum atomic E-state index is -0.377. The van der Waals surface area contributed by atoms with E-state index in [1.165, 1.54) is 0 Å². The minimum Gasteiger partial charge on any atom is -0.454 e. The summed E-state index contributed by atoms with van der Waals surface area (Å²) in [5.41, 5.74) is 0.963. The number of hydrogen-bond donors (Lipinski definition) is 1. The summed E-state index contributed by atoms with van der Waals surface area (Å²) >= 11 is 0. The number of cyclic esters (lactones) is 1. The van der Waals surface area contributed by atoms with Gasteiger partial charge in [0.05, 0.1) is 6.04 Å². The molecular weight excluding hydrogens is 198 g/mol. The van der Waals surface area contributed by atoms with Gasteiger partial charge in [-0.3, -0.25) is 0 Å². The van der Waals surface area contributed by atoms with Crippen molar-refractivity contribution in [2.75, 3.05) is 13.4 Å². The van der Waals surface area contributed by atoms with E-state index in [0.29, 0.717) is 12.4 Å². The van der Waals surface area contributed by atoms with E-state index in [4.69, 9.17) is 14.2 Å². The van der Waals surface area contributed by atoms with Crippen molar-refractivity contribution in [1.82, 2.24) is 5.32 Å². The summed E-state index contributed by atoms with van der Waals surface area (Å²) in [6, 6.07) is 5.50. The highest BCUT2D eigenvalue weighted by molar-refractivity contribution is 5.70. The van der Waals surface area contributed by atoms with Crippen LogP contribution in [-0.4, -0.2) is 19.5 Å². The van der Waals surface area contributed by atoms with Crippen molar-refractivity contribution in [3.05, 3.63) is 23.8 Å². The molecule has 1 fully saturated rings. The molecule has 1 aromatic rings. The molecule has 0 bridgehead atoms. The summed E-state index contributed by atoms with van der Waals surface area (Å²) in [6.45, 7) is 0.616. The van der Waals surface area contributed by atoms with Gasteiger partial charge in [-0.2, -0.15) is 0 Å². The molecule has 0 spiro atoms. The Morgan fingerprint density at radius 1 is 1.20 bits per heavy atom. The number of nitrogens with one attached hydrogen (secondary N) is 1. The van der Waals surface area contributed by atoms with Crippen molar-refractivity contribution in [3.8, 4) is 11.5 Å². The Morgan fingerprint density at radius 3 is 2.87 bits per heavy atom. The molecule has 5 nitrogen and oxygen atoms in total. The Bertz CT molecular complexity index is 418. The van der Waals surface area contributed by atoms with Crippen LogP contribution in [-0.2, 0) is 4.74 Å². The number of amides is 1. The normalized spacial score (nSPS) is 22.4. The lowest BCUT2D eigenvalue weighted by Gasteiger charge is -2.07. The number of hydrogen-bond acceptors (Lipinski definition) is 4. The van der Waals surface area contributed by atoms with Crippen molar-refractivity contribution < 1.29 is 19.0 Å². The summed E-state index contributed by atoms with van der Waals surface area (Å²) in [5, 5.41) is 2.70. The first-order valence-electron chi connectivity index (χ1n) is 4.66. The maximum absolute atomic E-state index is 10.9. The predicted molar refractivity (Wildman–Crippen MR) is 49.8 cm³/mol. The molecule has 3 rings (SSSR count). The topological polar surface area (TPSA) is 56.8 Å². The van der Waals surface area contributed by atoms with Gasteiger partial charge in [-0.05, 0) is 17.7 Å². The van der Waals surface area contributed by atoms with Crippen LogP contribution in [0.25, 0.3) is 0 Å². The first-order valence-corrected chi connectivity index (χ1v) is 4.66. The van der Waals surface area contributed by atoms with E-state index < -0.39 is 0 Å². The van der Waals surface area contributed by atoms with Crippen molar-refractivity contribution in [2.45, 2.75) is 6.04 Å². The second-order valence-electron chi connectivity index (χ2n) is 3.41. The molecule has 2 aliphatic heterocycles. The molecule has 0 radical (unpaired) electrons. The van der Waals surface area contributed by atoms with E-state index in [1.807, 2.05) is 18.2 Å². The molecule has 1 amide bonds. The summed E-state index contributed by atoms with van der Waals surface area (Å²) in [5.74, 6) is 1.46. The zero-order chi connectivity index (χ0) is 10.3. The van der Waals surface area contributed by atoms with Gasteiger partial charge in [-0.25, -0.2) is 4.79 Å². The van der Waals surface area contributed by atoms with E-state index in [1.54, 1.807) is 0 Å². The van der Waals surface area contributed by atoms with Crippen LogP contribution in [0.15, 0.2) is 18.2 Å². The second-order valence-corrected chi connectivity index (χ2v) is 3.41. The Morgan fingerprint density at radius 2 is 2.07 bits per heavy atom. The summed E-state index contributed by atoms with van der Waals surface area (Å²) in [7, 11) is 0. The lowest BCUT2D eigenvalue weighted by molar-refractivity contribution is 0.174. The van der Waals surface area contributed by atoms with E-state index in [2.05, 4.69) is 5.32 Å². The highest BCUT2D eigenvalue weighted by Crippen LogP contribution is 2.34. The predicted octanol–water partition coefficient (Wildman–Crippen LogP) is 1.20. The molecule has 1 atom stereocenters. The first kappa shape index (κ1) is 8.40. The average Bonchev–Trinajstić information content (AvgIpc) is 2.84. The third-order valence-corrected chi connectivity index (χ3v) is 2.47. The Balaban J connectivity index is 1.89. The molecule has 2 heterocycles. The standard InChI is InChI=1S/C10H9NO4/c12-10-11-7(4-13-10)6-1-2-8-9(3-6)15-5-14-8/h1-3,7H,4-5H2,(H,11,12)/t7-/m0/s1. The lowest BCUT2D eigenvalue weighted by Crippen LogP contribution is -2.18. The molecule has 2 aliphatic rings. The third-order valence-electron chi connectivity index (χ3n) is 2.47. The van der Waals surface area contributed by atoms with E-state index in [0.717, 1.165) is 11.3 Å². The molecular formula is C10H9NO4. The van der Waals surface area contributed by atoms with Crippen LogP contribution >= 0.6 is 0 Å². The zero-order valence-corrected chi connectivity index (χ0v) is 7.86. The fourth-order valence-corrected chi connectivity index (χ4v) is 1.69. The van der Waals surface area contributed by atoms with Gasteiger partial charge in [0.1, 0.15) is 6.61 Å². The summed E-state index contributed by atoms with van der Waals surface area (Å²) < 4.78 is 15.3. The summed E-state index contributed by atoms with van der Waals surface area (Å²) in [6.07, 6.45) is -0.377. The zero-order valence-electron chi connectivity index (χ0n) is 7.86. The molecule has 15 heavy (non-hydrogen) atoms. The van der Waals surface area contributed by atoms with Crippen LogP contribution in [0.1, 0.15) is 11.6 Å². The molecule has 1 N–H and O–H groups in total. The van der Waals surface area contributed by atoms with E-state index in [9.17, 15) is 4.79 Å². The van der Waals surface area contributed by atoms with Crippen LogP contribution in [0.3, 0.4) is 0 Å². The SMILES string of the molecule is O=C1N[C@H](c2ccc3c(c2)OCO3)CO1. The van der Waals surface area contributed by atoms with Crippen LogP contribution in [0.5, 0.6) is 11.5 Å². The number of carbonyl (C=O) groups is 1. The van der Waals surface area contributed by atoms with Gasteiger partial charge in [-0.1, -0.05) is 6.07 Å². The van der Waals surface area contributed by atoms with Gasteiger partial charge in [-0.15, -0.1) is 0 Å². The maximum Gasteiger partial charge on any atom is 0.407 e. The number of ether oxygens (including phenoxy) is 3. The van der Waals surface area contributed by atoms with Crippen LogP contribution in [0.4, 0.5) is 4.79 Å². The Hall–Kier alpha value is -1.91. The Kier molecular flexibility index (Phi) is 1.71. The molecule has 1 aromatic carbocycles. The van der Waals surface area contributed by atoms with Gasteiger partial charge in [0.15, 0.2) is 11.5 Å². The summed E-state index contributed by atoms with van der Waals surface area (Å²) in [4.78, 5) is 10.9. The van der Waals surface area contributed by atoms with Crippen molar-refractivity contribution in [2.24, 2.45) is 0 Å². The van der Waals surface area contributed by atoms with Crippen LogP contribution in [0, 0.1) is 0 Å². The van der Waals surface area contributed by atoms with Crippen LogP contribution in [0.2, 0.25) is 0 Å². The molecule has 0 saturated carbocycles. The van der Waals surface area contributed by atoms with E-state index >= 15 is 0 Å². The molecule has 0 unspecified atom stereocenters. The fourth-order valence-electron chi connectivity index (χ4n) is 1.69. The minimum absolute atomic E-state index is 0.0907. The molecule has 1 saturated heterocycles. The smallest absolute Gasteiger partial charge is 0.407 e. The number of carbonyl (C=O) groups excluding carboxylic acids is 1. The van der Waals surface area contributed by atoms with Crippen molar-refractivity contribution in [3.63, 3.8) is 0 Å². The van der Waals surface area contributed by atoms with Gasteiger partial charge in [0, 0.05) is 0 Å². The van der Waals surface area contributed by atoms with Gasteiger partial charge >= 0.3 is 6.09 Å². The molecule has 0 aromatic heterocycles. The number of rotatable bonds is 1. The highest BCUT2D eigenvalue weighted by Gasteiger charge is 2.25. The molecule has 5 heteroatoms. The van der Waals surface area contributed by atoms with Crippen LogP contribution < -0.4 is 14.8 Å². The first-order chi connectivity index (χ1) is 7.33. The third kappa shape index (κ3) is 1.36. The van der Waals surface area contributed by atoms with E-state index in [-0.39, 0.29) is 18.9 Å². The van der Waals surface area contributed by atoms with Crippen molar-refractivity contribution >= 4 is 6.09 Å². The lowest BCUT2D eigenvalue weighted by atomic mass is 10.1. The Labute approximate surface area is 85.9 Å². The molecule has 0 aliphatic carbocycles. The monoisotopic (exact) mass is 207 g/mol. The van der Waals surface area contributed by atoms with Gasteiger partial charge in [0.2, 0.25) is 6.79 Å². The fraction of sp³-hybridized carbons (Fsp3) is 0.300. The quantitative estimate of drug-likeness (QED) is 0.751. The maximum atomic E-state index is 10.9. The number of fused-ring (bicyclic) bond motifs is 1. The molecule has 78 valence electrons.